The van der Waals surface area contributed by atoms with Gasteiger partial charge in [0.2, 0.25) is 0 Å². The maximum Gasteiger partial charge on any atom is 0.412 e. The average Bonchev–Trinajstić information content (AvgIpc) is 2.86. The fourth-order valence-corrected chi connectivity index (χ4v) is 3.62. The smallest absolute Gasteiger partial charge is 0.412 e. The van der Waals surface area contributed by atoms with E-state index in [2.05, 4.69) is 10.6 Å². The van der Waals surface area contributed by atoms with Crippen molar-refractivity contribution < 1.29 is 37.7 Å². The zero-order chi connectivity index (χ0) is 30.9. The standard InChI is InChI=1S/C32H37FN2O7/c1-31(2,3)41-29(37)34-25-18-23(19-26(20-25)35-30(38)42-32(4,5)6)28(36)40-17-7-16-39-27-14-10-22(11-15-27)21-8-12-24(33)13-9-21/h8-15,18-20H,7,16-17H2,1-6H3,(H,34,37)(H,35,38). The summed E-state index contributed by atoms with van der Waals surface area (Å²) >= 11 is 0. The lowest BCUT2D eigenvalue weighted by molar-refractivity contribution is 0.0483. The monoisotopic (exact) mass is 580 g/mol. The number of amides is 2. The molecule has 42 heavy (non-hydrogen) atoms. The molecule has 2 N–H and O–H groups in total. The average molecular weight is 581 g/mol. The van der Waals surface area contributed by atoms with E-state index in [0.29, 0.717) is 18.8 Å². The van der Waals surface area contributed by atoms with Crippen LogP contribution in [-0.2, 0) is 14.2 Å². The van der Waals surface area contributed by atoms with Crippen molar-refractivity contribution in [3.8, 4) is 16.9 Å². The lowest BCUT2D eigenvalue weighted by Crippen LogP contribution is -2.28. The minimum Gasteiger partial charge on any atom is -0.493 e. The molecular weight excluding hydrogens is 543 g/mol. The predicted molar refractivity (Wildman–Crippen MR) is 158 cm³/mol. The summed E-state index contributed by atoms with van der Waals surface area (Å²) in [5, 5.41) is 5.14. The lowest BCUT2D eigenvalue weighted by atomic mass is 10.1. The van der Waals surface area contributed by atoms with Gasteiger partial charge in [0, 0.05) is 17.8 Å². The maximum absolute atomic E-state index is 13.1. The SMILES string of the molecule is CC(C)(C)OC(=O)Nc1cc(NC(=O)OC(C)(C)C)cc(C(=O)OCCCOc2ccc(-c3ccc(F)cc3)cc2)c1. The van der Waals surface area contributed by atoms with Crippen molar-refractivity contribution in [1.82, 2.24) is 0 Å². The second kappa shape index (κ2) is 13.8. The number of rotatable bonds is 9. The highest BCUT2D eigenvalue weighted by molar-refractivity contribution is 5.96. The summed E-state index contributed by atoms with van der Waals surface area (Å²) in [5.41, 5.74) is 0.904. The van der Waals surface area contributed by atoms with Gasteiger partial charge in [-0.25, -0.2) is 18.8 Å². The van der Waals surface area contributed by atoms with Crippen LogP contribution in [0.3, 0.4) is 0 Å². The summed E-state index contributed by atoms with van der Waals surface area (Å²) in [5.74, 6) is -0.299. The van der Waals surface area contributed by atoms with E-state index < -0.39 is 29.4 Å². The van der Waals surface area contributed by atoms with Gasteiger partial charge in [0.25, 0.3) is 0 Å². The number of hydrogen-bond donors (Lipinski definition) is 2. The van der Waals surface area contributed by atoms with E-state index in [9.17, 15) is 18.8 Å². The van der Waals surface area contributed by atoms with Crippen molar-refractivity contribution in [1.29, 1.82) is 0 Å². The molecule has 0 unspecified atom stereocenters. The molecule has 0 saturated heterocycles. The Morgan fingerprint density at radius 2 is 1.17 bits per heavy atom. The van der Waals surface area contributed by atoms with Gasteiger partial charge in [0.1, 0.15) is 22.8 Å². The Morgan fingerprint density at radius 1 is 0.690 bits per heavy atom. The molecule has 0 radical (unpaired) electrons. The number of carbonyl (C=O) groups is 3. The summed E-state index contributed by atoms with van der Waals surface area (Å²) in [7, 11) is 0. The Hall–Kier alpha value is -4.60. The number of nitrogens with one attached hydrogen (secondary N) is 2. The Labute approximate surface area is 245 Å². The topological polar surface area (TPSA) is 112 Å². The van der Waals surface area contributed by atoms with Crippen molar-refractivity contribution in [2.24, 2.45) is 0 Å². The number of benzene rings is 3. The molecule has 0 fully saturated rings. The molecule has 0 bridgehead atoms. The molecular formula is C32H37FN2O7. The number of carbonyl (C=O) groups excluding carboxylic acids is 3. The summed E-state index contributed by atoms with van der Waals surface area (Å²) in [6.07, 6.45) is -1.03. The zero-order valence-corrected chi connectivity index (χ0v) is 24.7. The number of esters is 1. The first kappa shape index (κ1) is 31.9. The van der Waals surface area contributed by atoms with Crippen molar-refractivity contribution in [2.75, 3.05) is 23.8 Å². The molecule has 224 valence electrons. The maximum atomic E-state index is 13.1. The first-order chi connectivity index (χ1) is 19.7. The van der Waals surface area contributed by atoms with Crippen LogP contribution in [0.4, 0.5) is 25.4 Å². The number of halogens is 1. The fraction of sp³-hybridized carbons (Fsp3) is 0.344. The van der Waals surface area contributed by atoms with Crippen LogP contribution in [0.15, 0.2) is 66.7 Å². The van der Waals surface area contributed by atoms with Crippen molar-refractivity contribution in [2.45, 2.75) is 59.2 Å². The molecule has 3 aromatic carbocycles. The van der Waals surface area contributed by atoms with E-state index in [1.165, 1.54) is 30.3 Å². The molecule has 0 saturated carbocycles. The van der Waals surface area contributed by atoms with Crippen LogP contribution in [0.2, 0.25) is 0 Å². The Kier molecular flexibility index (Phi) is 10.5. The normalized spacial score (nSPS) is 11.3. The Bertz CT molecular complexity index is 1330. The van der Waals surface area contributed by atoms with Gasteiger partial charge in [-0.2, -0.15) is 0 Å². The van der Waals surface area contributed by atoms with Crippen LogP contribution in [0.5, 0.6) is 5.75 Å². The van der Waals surface area contributed by atoms with Gasteiger partial charge in [-0.05, 0) is 95.1 Å². The van der Waals surface area contributed by atoms with Gasteiger partial charge in [-0.3, -0.25) is 10.6 Å². The molecule has 0 spiro atoms. The minimum absolute atomic E-state index is 0.0745. The van der Waals surface area contributed by atoms with Gasteiger partial charge in [0.15, 0.2) is 0 Å². The summed E-state index contributed by atoms with van der Waals surface area (Å²) in [6.45, 7) is 10.7. The molecule has 0 aliphatic rings. The van der Waals surface area contributed by atoms with Crippen LogP contribution in [0.1, 0.15) is 58.3 Å². The molecule has 0 aliphatic heterocycles. The quantitative estimate of drug-likeness (QED) is 0.151. The summed E-state index contributed by atoms with van der Waals surface area (Å²) in [4.78, 5) is 37.4. The zero-order valence-electron chi connectivity index (χ0n) is 24.7. The lowest BCUT2D eigenvalue weighted by Gasteiger charge is -2.21. The second-order valence-electron chi connectivity index (χ2n) is 11.4. The van der Waals surface area contributed by atoms with Gasteiger partial charge >= 0.3 is 18.2 Å². The highest BCUT2D eigenvalue weighted by atomic mass is 19.1. The number of anilines is 2. The van der Waals surface area contributed by atoms with Gasteiger partial charge in [-0.1, -0.05) is 24.3 Å². The van der Waals surface area contributed by atoms with E-state index in [1.807, 2.05) is 24.3 Å². The molecule has 0 aliphatic carbocycles. The second-order valence-corrected chi connectivity index (χ2v) is 11.4. The molecule has 0 aromatic heterocycles. The first-order valence-corrected chi connectivity index (χ1v) is 13.5. The Morgan fingerprint density at radius 3 is 1.64 bits per heavy atom. The highest BCUT2D eigenvalue weighted by Crippen LogP contribution is 2.24. The summed E-state index contributed by atoms with van der Waals surface area (Å²) in [6, 6.07) is 17.9. The molecule has 2 amide bonds. The Balaban J connectivity index is 1.57. The number of hydrogen-bond acceptors (Lipinski definition) is 7. The van der Waals surface area contributed by atoms with E-state index >= 15 is 0 Å². The van der Waals surface area contributed by atoms with Crippen molar-refractivity contribution in [3.05, 3.63) is 78.1 Å². The van der Waals surface area contributed by atoms with Crippen LogP contribution in [0, 0.1) is 5.82 Å². The third-order valence-electron chi connectivity index (χ3n) is 5.28. The molecule has 10 heteroatoms. The first-order valence-electron chi connectivity index (χ1n) is 13.5. The third kappa shape index (κ3) is 11.1. The third-order valence-corrected chi connectivity index (χ3v) is 5.28. The summed E-state index contributed by atoms with van der Waals surface area (Å²) < 4.78 is 34.8. The van der Waals surface area contributed by atoms with E-state index in [1.54, 1.807) is 53.7 Å². The molecule has 3 aromatic rings. The van der Waals surface area contributed by atoms with Crippen LogP contribution < -0.4 is 15.4 Å². The van der Waals surface area contributed by atoms with Gasteiger partial charge in [-0.15, -0.1) is 0 Å². The predicted octanol–water partition coefficient (Wildman–Crippen LogP) is 7.81. The van der Waals surface area contributed by atoms with Crippen LogP contribution in [0.25, 0.3) is 11.1 Å². The van der Waals surface area contributed by atoms with Gasteiger partial charge < -0.3 is 18.9 Å². The molecule has 0 atom stereocenters. The van der Waals surface area contributed by atoms with E-state index in [4.69, 9.17) is 18.9 Å². The molecule has 3 rings (SSSR count). The van der Waals surface area contributed by atoms with Crippen molar-refractivity contribution in [3.63, 3.8) is 0 Å². The largest absolute Gasteiger partial charge is 0.493 e. The fourth-order valence-electron chi connectivity index (χ4n) is 3.62. The van der Waals surface area contributed by atoms with E-state index in [0.717, 1.165) is 11.1 Å². The molecule has 0 heterocycles. The number of ether oxygens (including phenoxy) is 4. The van der Waals surface area contributed by atoms with E-state index in [-0.39, 0.29) is 29.4 Å². The minimum atomic E-state index is -0.731. The van der Waals surface area contributed by atoms with Crippen LogP contribution in [-0.4, -0.2) is 42.6 Å². The van der Waals surface area contributed by atoms with Crippen molar-refractivity contribution >= 4 is 29.5 Å². The van der Waals surface area contributed by atoms with Crippen LogP contribution >= 0.6 is 0 Å². The highest BCUT2D eigenvalue weighted by Gasteiger charge is 2.20. The molecule has 9 nitrogen and oxygen atoms in total. The van der Waals surface area contributed by atoms with Gasteiger partial charge in [0.05, 0.1) is 18.8 Å².